The van der Waals surface area contributed by atoms with Crippen LogP contribution in [0.2, 0.25) is 0 Å². The van der Waals surface area contributed by atoms with E-state index in [0.29, 0.717) is 17.7 Å². The highest BCUT2D eigenvalue weighted by Gasteiger charge is 2.22. The van der Waals surface area contributed by atoms with Gasteiger partial charge < -0.3 is 20.1 Å². The van der Waals surface area contributed by atoms with Crippen LogP contribution in [0.1, 0.15) is 35.9 Å². The molecule has 0 aliphatic rings. The Hall–Kier alpha value is -3.71. The van der Waals surface area contributed by atoms with Crippen molar-refractivity contribution in [2.45, 2.75) is 25.5 Å². The first-order valence-electron chi connectivity index (χ1n) is 9.59. The van der Waals surface area contributed by atoms with E-state index in [9.17, 15) is 15.0 Å². The van der Waals surface area contributed by atoms with Crippen molar-refractivity contribution in [2.75, 3.05) is 0 Å². The van der Waals surface area contributed by atoms with Gasteiger partial charge in [-0.2, -0.15) is 0 Å². The number of hydrogen-bond donors (Lipinski definition) is 3. The van der Waals surface area contributed by atoms with Gasteiger partial charge in [0.25, 0.3) is 0 Å². The first kappa shape index (κ1) is 19.6. The number of nitrogens with one attached hydrogen (secondary N) is 1. The molecule has 0 fully saturated rings. The molecule has 0 saturated carbocycles. The lowest BCUT2D eigenvalue weighted by molar-refractivity contribution is 0.189. The van der Waals surface area contributed by atoms with Crippen LogP contribution < -0.4 is 5.32 Å². The standard InChI is InChI=1S/C23H21N3O4/c1-14(27)15-9-10-19-21(12-15)30-26-22(19)18-8-3-2-7-17(18)20(25-23(28)29)13-16-6-4-5-11-24-16/h2-12,14,20,25,27H,13H2,1H3,(H,28,29)/t14-,20-/m0/s1. The number of fused-ring (bicyclic) bond motifs is 1. The SMILES string of the molecule is C[C@H](O)c1ccc2c(-c3ccccc3[C@H](Cc3ccccn3)NC(=O)O)noc2c1. The van der Waals surface area contributed by atoms with E-state index < -0.39 is 18.2 Å². The fraction of sp³-hybridized carbons (Fsp3) is 0.174. The van der Waals surface area contributed by atoms with Crippen LogP contribution in [0.5, 0.6) is 0 Å². The van der Waals surface area contributed by atoms with Crippen molar-refractivity contribution in [3.05, 3.63) is 83.7 Å². The van der Waals surface area contributed by atoms with Gasteiger partial charge in [-0.25, -0.2) is 4.79 Å². The molecule has 0 aliphatic carbocycles. The van der Waals surface area contributed by atoms with Gasteiger partial charge >= 0.3 is 6.09 Å². The van der Waals surface area contributed by atoms with E-state index in [0.717, 1.165) is 27.8 Å². The number of rotatable bonds is 6. The topological polar surface area (TPSA) is 108 Å². The summed E-state index contributed by atoms with van der Waals surface area (Å²) in [6.07, 6.45) is 0.353. The first-order chi connectivity index (χ1) is 14.5. The summed E-state index contributed by atoms with van der Waals surface area (Å²) >= 11 is 0. The van der Waals surface area contributed by atoms with E-state index >= 15 is 0 Å². The quantitative estimate of drug-likeness (QED) is 0.438. The Labute approximate surface area is 173 Å². The van der Waals surface area contributed by atoms with Gasteiger partial charge in [-0.15, -0.1) is 0 Å². The molecule has 2 atom stereocenters. The number of hydrogen-bond acceptors (Lipinski definition) is 5. The number of nitrogens with zero attached hydrogens (tertiary/aromatic N) is 2. The lowest BCUT2D eigenvalue weighted by atomic mass is 9.93. The van der Waals surface area contributed by atoms with Gasteiger partial charge in [0.05, 0.1) is 12.1 Å². The maximum Gasteiger partial charge on any atom is 0.405 e. The summed E-state index contributed by atoms with van der Waals surface area (Å²) in [7, 11) is 0. The van der Waals surface area contributed by atoms with E-state index in [1.54, 1.807) is 19.2 Å². The molecule has 4 aromatic rings. The lowest BCUT2D eigenvalue weighted by Gasteiger charge is -2.20. The largest absolute Gasteiger partial charge is 0.465 e. The molecule has 0 spiro atoms. The first-order valence-corrected chi connectivity index (χ1v) is 9.59. The van der Waals surface area contributed by atoms with Crippen molar-refractivity contribution >= 4 is 17.1 Å². The average Bonchev–Trinajstić information content (AvgIpc) is 3.17. The summed E-state index contributed by atoms with van der Waals surface area (Å²) in [6, 6.07) is 18.0. The van der Waals surface area contributed by atoms with Crippen LogP contribution >= 0.6 is 0 Å². The molecular weight excluding hydrogens is 382 g/mol. The van der Waals surface area contributed by atoms with Gasteiger partial charge in [-0.1, -0.05) is 41.6 Å². The van der Waals surface area contributed by atoms with E-state index in [4.69, 9.17) is 4.52 Å². The van der Waals surface area contributed by atoms with Gasteiger partial charge in [0, 0.05) is 29.3 Å². The molecule has 0 aliphatic heterocycles. The van der Waals surface area contributed by atoms with Crippen LogP contribution in [-0.2, 0) is 6.42 Å². The van der Waals surface area contributed by atoms with Crippen LogP contribution in [0.3, 0.4) is 0 Å². The van der Waals surface area contributed by atoms with Crippen LogP contribution in [0.4, 0.5) is 4.79 Å². The van der Waals surface area contributed by atoms with Crippen LogP contribution in [0.25, 0.3) is 22.2 Å². The molecule has 2 aromatic heterocycles. The average molecular weight is 403 g/mol. The van der Waals surface area contributed by atoms with E-state index in [1.165, 1.54) is 0 Å². The fourth-order valence-corrected chi connectivity index (χ4v) is 3.54. The molecule has 0 saturated heterocycles. The van der Waals surface area contributed by atoms with E-state index in [2.05, 4.69) is 15.5 Å². The highest BCUT2D eigenvalue weighted by atomic mass is 16.5. The Kier molecular flexibility index (Phi) is 5.45. The molecule has 152 valence electrons. The monoisotopic (exact) mass is 403 g/mol. The molecule has 0 radical (unpaired) electrons. The molecule has 0 bridgehead atoms. The number of benzene rings is 2. The molecule has 3 N–H and O–H groups in total. The molecule has 2 aromatic carbocycles. The van der Waals surface area contributed by atoms with Gasteiger partial charge in [0.1, 0.15) is 5.69 Å². The smallest absolute Gasteiger partial charge is 0.405 e. The number of aromatic nitrogens is 2. The van der Waals surface area contributed by atoms with Gasteiger partial charge in [0.15, 0.2) is 5.58 Å². The summed E-state index contributed by atoms with van der Waals surface area (Å²) in [4.78, 5) is 15.8. The second-order valence-electron chi connectivity index (χ2n) is 7.08. The van der Waals surface area contributed by atoms with E-state index in [-0.39, 0.29) is 0 Å². The molecule has 30 heavy (non-hydrogen) atoms. The Bertz CT molecular complexity index is 1170. The van der Waals surface area contributed by atoms with Crippen molar-refractivity contribution in [2.24, 2.45) is 0 Å². The molecule has 4 rings (SSSR count). The van der Waals surface area contributed by atoms with Crippen LogP contribution in [-0.4, -0.2) is 26.4 Å². The minimum atomic E-state index is -1.11. The normalized spacial score (nSPS) is 13.1. The number of aliphatic hydroxyl groups excluding tert-OH is 1. The maximum absolute atomic E-state index is 11.5. The minimum absolute atomic E-state index is 0.395. The highest BCUT2D eigenvalue weighted by Crippen LogP contribution is 2.35. The van der Waals surface area contributed by atoms with Crippen molar-refractivity contribution in [1.82, 2.24) is 15.5 Å². The van der Waals surface area contributed by atoms with Crippen molar-refractivity contribution in [3.8, 4) is 11.3 Å². The third-order valence-corrected chi connectivity index (χ3v) is 5.01. The summed E-state index contributed by atoms with van der Waals surface area (Å²) in [5, 5.41) is 26.9. The zero-order chi connectivity index (χ0) is 21.1. The zero-order valence-electron chi connectivity index (χ0n) is 16.3. The van der Waals surface area contributed by atoms with Gasteiger partial charge in [-0.05, 0) is 42.3 Å². The molecule has 0 unspecified atom stereocenters. The third-order valence-electron chi connectivity index (χ3n) is 5.01. The second kappa shape index (κ2) is 8.34. The number of carbonyl (C=O) groups is 1. The highest BCUT2D eigenvalue weighted by molar-refractivity contribution is 5.92. The minimum Gasteiger partial charge on any atom is -0.465 e. The third kappa shape index (κ3) is 4.01. The lowest BCUT2D eigenvalue weighted by Crippen LogP contribution is -2.29. The fourth-order valence-electron chi connectivity index (χ4n) is 3.54. The predicted octanol–water partition coefficient (Wildman–Crippen LogP) is 4.49. The van der Waals surface area contributed by atoms with Crippen molar-refractivity contribution in [3.63, 3.8) is 0 Å². The molecule has 7 nitrogen and oxygen atoms in total. The Balaban J connectivity index is 1.79. The summed E-state index contributed by atoms with van der Waals surface area (Å²) in [5.41, 5.74) is 4.24. The van der Waals surface area contributed by atoms with Gasteiger partial charge in [0.2, 0.25) is 0 Å². The summed E-state index contributed by atoms with van der Waals surface area (Å²) < 4.78 is 5.52. The van der Waals surface area contributed by atoms with Crippen LogP contribution in [0.15, 0.2) is 71.4 Å². The van der Waals surface area contributed by atoms with E-state index in [1.807, 2.05) is 54.6 Å². The number of carboxylic acid groups (broad SMARTS) is 1. The van der Waals surface area contributed by atoms with Crippen molar-refractivity contribution in [1.29, 1.82) is 0 Å². The number of aliphatic hydroxyl groups is 1. The van der Waals surface area contributed by atoms with Crippen molar-refractivity contribution < 1.29 is 19.5 Å². The van der Waals surface area contributed by atoms with Crippen LogP contribution in [0, 0.1) is 0 Å². The second-order valence-corrected chi connectivity index (χ2v) is 7.08. The Morgan fingerprint density at radius 1 is 1.13 bits per heavy atom. The Morgan fingerprint density at radius 2 is 1.93 bits per heavy atom. The van der Waals surface area contributed by atoms with Gasteiger partial charge in [-0.3, -0.25) is 4.98 Å². The molecular formula is C23H21N3O4. The Morgan fingerprint density at radius 3 is 2.67 bits per heavy atom. The summed E-state index contributed by atoms with van der Waals surface area (Å²) in [5.74, 6) is 0. The molecule has 2 heterocycles. The number of amides is 1. The maximum atomic E-state index is 11.5. The molecule has 1 amide bonds. The predicted molar refractivity (Wildman–Crippen MR) is 112 cm³/mol. The zero-order valence-corrected chi connectivity index (χ0v) is 16.3. The molecule has 7 heteroatoms. The summed E-state index contributed by atoms with van der Waals surface area (Å²) in [6.45, 7) is 1.69. The number of pyridine rings is 1.